The molecule has 1 aromatic rings. The van der Waals surface area contributed by atoms with Crippen LogP contribution in [0.2, 0.25) is 0 Å². The second kappa shape index (κ2) is 3.04. The second-order valence-corrected chi connectivity index (χ2v) is 4.22. The number of hydrogen-bond donors (Lipinski definition) is 1. The molecule has 1 aromatic heterocycles. The van der Waals surface area contributed by atoms with E-state index in [0.29, 0.717) is 16.8 Å². The largest absolute Gasteiger partial charge is 0.347 e. The molecule has 2 rings (SSSR count). The molecule has 0 bridgehead atoms. The minimum atomic E-state index is -2.50. The fourth-order valence-electron chi connectivity index (χ4n) is 1.71. The molecule has 13 heavy (non-hydrogen) atoms. The van der Waals surface area contributed by atoms with Gasteiger partial charge in [0, 0.05) is 25.0 Å². The first-order valence-corrected chi connectivity index (χ1v) is 4.95. The van der Waals surface area contributed by atoms with Crippen LogP contribution in [0.15, 0.2) is 10.8 Å². The van der Waals surface area contributed by atoms with Crippen molar-refractivity contribution >= 4 is 15.9 Å². The van der Waals surface area contributed by atoms with E-state index >= 15 is 0 Å². The molecule has 0 aromatic carbocycles. The van der Waals surface area contributed by atoms with E-state index in [0.717, 1.165) is 0 Å². The predicted octanol–water partition coefficient (Wildman–Crippen LogP) is 3.08. The van der Waals surface area contributed by atoms with Gasteiger partial charge in [-0.1, -0.05) is 0 Å². The van der Waals surface area contributed by atoms with Gasteiger partial charge in [0.25, 0.3) is 0 Å². The van der Waals surface area contributed by atoms with Crippen molar-refractivity contribution < 1.29 is 8.78 Å². The summed E-state index contributed by atoms with van der Waals surface area (Å²) in [6.45, 7) is 0. The maximum atomic E-state index is 12.8. The Bertz CT molecular complexity index is 311. The van der Waals surface area contributed by atoms with Crippen LogP contribution in [0.3, 0.4) is 0 Å². The predicted molar refractivity (Wildman–Crippen MR) is 47.8 cm³/mol. The summed E-state index contributed by atoms with van der Waals surface area (Å²) in [5, 5.41) is 0. The average molecular weight is 251 g/mol. The minimum Gasteiger partial charge on any atom is -0.347 e. The van der Waals surface area contributed by atoms with Crippen LogP contribution in [-0.2, 0) is 0 Å². The molecule has 0 saturated heterocycles. The molecule has 0 unspecified atom stereocenters. The van der Waals surface area contributed by atoms with Crippen LogP contribution in [0.25, 0.3) is 0 Å². The first-order chi connectivity index (χ1) is 6.07. The van der Waals surface area contributed by atoms with Crippen molar-refractivity contribution in [3.8, 4) is 0 Å². The van der Waals surface area contributed by atoms with Crippen LogP contribution in [0.4, 0.5) is 8.78 Å². The molecular formula is C8H9BrF2N2. The summed E-state index contributed by atoms with van der Waals surface area (Å²) in [5.74, 6) is -1.94. The first-order valence-electron chi connectivity index (χ1n) is 4.15. The van der Waals surface area contributed by atoms with Gasteiger partial charge < -0.3 is 4.98 Å². The van der Waals surface area contributed by atoms with Crippen molar-refractivity contribution in [1.29, 1.82) is 0 Å². The highest BCUT2D eigenvalue weighted by Crippen LogP contribution is 2.43. The minimum absolute atomic E-state index is 0.0179. The highest BCUT2D eigenvalue weighted by molar-refractivity contribution is 9.10. The summed E-state index contributed by atoms with van der Waals surface area (Å²) < 4.78 is 26.3. The van der Waals surface area contributed by atoms with Crippen LogP contribution < -0.4 is 0 Å². The standard InChI is InChI=1S/C8H9BrF2N2/c9-6-4-12-7(13-6)5-1-2-8(10,11)3-5/h4-5H,1-3H2,(H,12,13)/t5-/m0/s1. The highest BCUT2D eigenvalue weighted by atomic mass is 79.9. The number of hydrogen-bond acceptors (Lipinski definition) is 1. The lowest BCUT2D eigenvalue weighted by atomic mass is 10.1. The molecule has 1 fully saturated rings. The van der Waals surface area contributed by atoms with Gasteiger partial charge in [-0.3, -0.25) is 0 Å². The summed E-state index contributed by atoms with van der Waals surface area (Å²) in [6.07, 6.45) is 2.10. The Morgan fingerprint density at radius 3 is 2.85 bits per heavy atom. The van der Waals surface area contributed by atoms with Crippen molar-refractivity contribution in [2.75, 3.05) is 0 Å². The van der Waals surface area contributed by atoms with Crippen LogP contribution >= 0.6 is 15.9 Å². The summed E-state index contributed by atoms with van der Waals surface area (Å²) in [4.78, 5) is 6.98. The fourth-order valence-corrected chi connectivity index (χ4v) is 2.01. The van der Waals surface area contributed by atoms with E-state index in [2.05, 4.69) is 25.9 Å². The lowest BCUT2D eigenvalue weighted by Crippen LogP contribution is -2.09. The number of imidazole rings is 1. The lowest BCUT2D eigenvalue weighted by Gasteiger charge is -2.07. The van der Waals surface area contributed by atoms with Gasteiger partial charge in [0.15, 0.2) is 0 Å². The molecular weight excluding hydrogens is 242 g/mol. The van der Waals surface area contributed by atoms with Crippen molar-refractivity contribution in [3.05, 3.63) is 16.6 Å². The Morgan fingerprint density at radius 2 is 2.38 bits per heavy atom. The monoisotopic (exact) mass is 250 g/mol. The third-order valence-electron chi connectivity index (χ3n) is 2.36. The molecule has 1 N–H and O–H groups in total. The number of halogens is 3. The van der Waals surface area contributed by atoms with E-state index in [-0.39, 0.29) is 18.8 Å². The SMILES string of the molecule is FC1(F)CC[C@H](c2nc(Br)c[nH]2)C1. The molecule has 5 heteroatoms. The van der Waals surface area contributed by atoms with Gasteiger partial charge in [0.2, 0.25) is 5.92 Å². The number of aromatic amines is 1. The number of nitrogens with one attached hydrogen (secondary N) is 1. The summed E-state index contributed by atoms with van der Waals surface area (Å²) in [6, 6.07) is 0. The maximum Gasteiger partial charge on any atom is 0.248 e. The maximum absolute atomic E-state index is 12.8. The Labute approximate surface area is 82.9 Å². The molecule has 1 atom stereocenters. The zero-order valence-electron chi connectivity index (χ0n) is 6.86. The molecule has 0 spiro atoms. The first kappa shape index (κ1) is 9.12. The second-order valence-electron chi connectivity index (χ2n) is 3.40. The number of nitrogens with zero attached hydrogens (tertiary/aromatic N) is 1. The van der Waals surface area contributed by atoms with E-state index in [9.17, 15) is 8.78 Å². The summed E-state index contributed by atoms with van der Waals surface area (Å²) >= 11 is 3.18. The fraction of sp³-hybridized carbons (Fsp3) is 0.625. The van der Waals surface area contributed by atoms with Crippen molar-refractivity contribution in [3.63, 3.8) is 0 Å². The zero-order chi connectivity index (χ0) is 9.47. The van der Waals surface area contributed by atoms with E-state index in [4.69, 9.17) is 0 Å². The Hall–Kier alpha value is -0.450. The van der Waals surface area contributed by atoms with Gasteiger partial charge in [-0.2, -0.15) is 0 Å². The third kappa shape index (κ3) is 1.90. The summed E-state index contributed by atoms with van der Waals surface area (Å²) in [7, 11) is 0. The Balaban J connectivity index is 2.12. The van der Waals surface area contributed by atoms with Crippen molar-refractivity contribution in [2.24, 2.45) is 0 Å². The van der Waals surface area contributed by atoms with Crippen molar-refractivity contribution in [2.45, 2.75) is 31.1 Å². The average Bonchev–Trinajstić information content (AvgIpc) is 2.56. The van der Waals surface area contributed by atoms with Gasteiger partial charge in [-0.05, 0) is 22.4 Å². The number of alkyl halides is 2. The molecule has 2 nitrogen and oxygen atoms in total. The van der Waals surface area contributed by atoms with Gasteiger partial charge in [0.05, 0.1) is 0 Å². The van der Waals surface area contributed by atoms with Crippen LogP contribution in [-0.4, -0.2) is 15.9 Å². The molecule has 1 heterocycles. The zero-order valence-corrected chi connectivity index (χ0v) is 8.44. The molecule has 72 valence electrons. The van der Waals surface area contributed by atoms with Crippen LogP contribution in [0.5, 0.6) is 0 Å². The molecule has 0 amide bonds. The van der Waals surface area contributed by atoms with Gasteiger partial charge in [-0.25, -0.2) is 13.8 Å². The highest BCUT2D eigenvalue weighted by Gasteiger charge is 2.40. The van der Waals surface area contributed by atoms with E-state index in [1.807, 2.05) is 0 Å². The molecule has 1 aliphatic carbocycles. The molecule has 0 radical (unpaired) electrons. The van der Waals surface area contributed by atoms with Gasteiger partial charge >= 0.3 is 0 Å². The summed E-state index contributed by atoms with van der Waals surface area (Å²) in [5.41, 5.74) is 0. The van der Waals surface area contributed by atoms with Crippen LogP contribution in [0, 0.1) is 0 Å². The smallest absolute Gasteiger partial charge is 0.248 e. The van der Waals surface area contributed by atoms with Crippen molar-refractivity contribution in [1.82, 2.24) is 9.97 Å². The number of H-pyrrole nitrogens is 1. The third-order valence-corrected chi connectivity index (χ3v) is 2.76. The van der Waals surface area contributed by atoms with Gasteiger partial charge in [0.1, 0.15) is 10.4 Å². The molecule has 1 aliphatic rings. The van der Waals surface area contributed by atoms with E-state index < -0.39 is 5.92 Å². The number of rotatable bonds is 1. The van der Waals surface area contributed by atoms with Crippen LogP contribution in [0.1, 0.15) is 31.0 Å². The Kier molecular flexibility index (Phi) is 2.14. The quantitative estimate of drug-likeness (QED) is 0.816. The Morgan fingerprint density at radius 1 is 1.62 bits per heavy atom. The lowest BCUT2D eigenvalue weighted by molar-refractivity contribution is 0.00756. The number of aromatic nitrogens is 2. The molecule has 1 saturated carbocycles. The normalized spacial score (nSPS) is 26.5. The van der Waals surface area contributed by atoms with Gasteiger partial charge in [-0.15, -0.1) is 0 Å². The topological polar surface area (TPSA) is 28.7 Å². The van der Waals surface area contributed by atoms with E-state index in [1.165, 1.54) is 0 Å². The van der Waals surface area contributed by atoms with E-state index in [1.54, 1.807) is 6.20 Å². The molecule has 0 aliphatic heterocycles.